The van der Waals surface area contributed by atoms with E-state index in [9.17, 15) is 9.59 Å². The first-order chi connectivity index (χ1) is 18.8. The van der Waals surface area contributed by atoms with Crippen molar-refractivity contribution in [1.29, 1.82) is 0 Å². The normalized spacial score (nSPS) is 12.5. The molecule has 6 nitrogen and oxygen atoms in total. The summed E-state index contributed by atoms with van der Waals surface area (Å²) in [6.07, 6.45) is 0.634. The van der Waals surface area contributed by atoms with Gasteiger partial charge in [-0.1, -0.05) is 61.3 Å². The molecule has 3 heterocycles. The first kappa shape index (κ1) is 27.5. The van der Waals surface area contributed by atoms with Crippen molar-refractivity contribution >= 4 is 60.5 Å². The van der Waals surface area contributed by atoms with Crippen LogP contribution in [0, 0.1) is 12.8 Å². The molecule has 0 aliphatic carbocycles. The van der Waals surface area contributed by atoms with Gasteiger partial charge in [-0.25, -0.2) is 4.98 Å². The van der Waals surface area contributed by atoms with Gasteiger partial charge in [-0.05, 0) is 56.1 Å². The summed E-state index contributed by atoms with van der Waals surface area (Å²) in [6.45, 7) is 7.36. The Morgan fingerprint density at radius 2 is 1.82 bits per heavy atom. The van der Waals surface area contributed by atoms with E-state index in [0.717, 1.165) is 20.5 Å². The van der Waals surface area contributed by atoms with E-state index >= 15 is 0 Å². The zero-order valence-corrected chi connectivity index (χ0v) is 24.6. The van der Waals surface area contributed by atoms with Gasteiger partial charge in [-0.3, -0.25) is 14.2 Å². The van der Waals surface area contributed by atoms with E-state index in [-0.39, 0.29) is 17.4 Å². The average molecular weight is 579 g/mol. The molecule has 2 aromatic carbocycles. The van der Waals surface area contributed by atoms with Crippen LogP contribution in [0.15, 0.2) is 65.5 Å². The Bertz CT molecular complexity index is 1690. The number of amides is 1. The van der Waals surface area contributed by atoms with Crippen molar-refractivity contribution in [1.82, 2.24) is 14.5 Å². The summed E-state index contributed by atoms with van der Waals surface area (Å²) in [5.41, 5.74) is 8.18. The van der Waals surface area contributed by atoms with Gasteiger partial charge in [0.2, 0.25) is 0 Å². The molecule has 39 heavy (non-hydrogen) atoms. The maximum absolute atomic E-state index is 14.2. The summed E-state index contributed by atoms with van der Waals surface area (Å²) in [7, 11) is 0. The molecule has 202 valence electrons. The van der Waals surface area contributed by atoms with Gasteiger partial charge in [0.15, 0.2) is 0 Å². The smallest absolute Gasteiger partial charge is 0.271 e. The second-order valence-corrected chi connectivity index (χ2v) is 12.9. The first-order valence-electron chi connectivity index (χ1n) is 13.0. The van der Waals surface area contributed by atoms with E-state index in [4.69, 9.17) is 22.3 Å². The van der Waals surface area contributed by atoms with Crippen molar-refractivity contribution in [3.63, 3.8) is 0 Å². The van der Waals surface area contributed by atoms with Crippen LogP contribution in [-0.2, 0) is 6.54 Å². The lowest BCUT2D eigenvalue weighted by Gasteiger charge is -2.35. The van der Waals surface area contributed by atoms with Crippen molar-refractivity contribution < 1.29 is 4.79 Å². The second-order valence-electron chi connectivity index (χ2n) is 10.0. The van der Waals surface area contributed by atoms with E-state index in [1.165, 1.54) is 22.7 Å². The number of halogens is 1. The van der Waals surface area contributed by atoms with Gasteiger partial charge in [0, 0.05) is 27.1 Å². The fraction of sp³-hybridized carbons (Fsp3) is 0.300. The number of nitrogens with zero attached hydrogens (tertiary/aromatic N) is 3. The summed E-state index contributed by atoms with van der Waals surface area (Å²) in [5, 5.41) is 0.947. The highest BCUT2D eigenvalue weighted by molar-refractivity contribution is 7.25. The fourth-order valence-corrected chi connectivity index (χ4v) is 7.12. The van der Waals surface area contributed by atoms with Crippen molar-refractivity contribution in [2.24, 2.45) is 11.7 Å². The molecule has 1 amide bonds. The zero-order chi connectivity index (χ0) is 27.7. The van der Waals surface area contributed by atoms with Gasteiger partial charge in [-0.15, -0.1) is 22.7 Å². The Hall–Kier alpha value is -3.04. The lowest BCUT2D eigenvalue weighted by Crippen LogP contribution is -2.42. The topological polar surface area (TPSA) is 81.2 Å². The summed E-state index contributed by atoms with van der Waals surface area (Å²) < 4.78 is 4.03. The minimum Gasteiger partial charge on any atom is -0.330 e. The average Bonchev–Trinajstić information content (AvgIpc) is 3.51. The molecule has 0 saturated carbocycles. The fourth-order valence-electron chi connectivity index (χ4n) is 4.95. The molecule has 5 rings (SSSR count). The molecule has 0 aliphatic rings. The zero-order valence-electron chi connectivity index (χ0n) is 22.2. The Balaban J connectivity index is 1.74. The minimum atomic E-state index is -0.448. The third kappa shape index (κ3) is 5.52. The first-order valence-corrected chi connectivity index (χ1v) is 15.0. The van der Waals surface area contributed by atoms with Crippen LogP contribution >= 0.6 is 34.3 Å². The number of fused-ring (bicyclic) bond motifs is 3. The molecule has 9 heteroatoms. The van der Waals surface area contributed by atoms with Crippen LogP contribution in [0.3, 0.4) is 0 Å². The second kappa shape index (κ2) is 11.6. The van der Waals surface area contributed by atoms with Crippen LogP contribution in [0.25, 0.3) is 20.3 Å². The maximum Gasteiger partial charge on any atom is 0.271 e. The molecular weight excluding hydrogens is 548 g/mol. The summed E-state index contributed by atoms with van der Waals surface area (Å²) >= 11 is 9.15. The number of carbonyl (C=O) groups is 1. The Morgan fingerprint density at radius 1 is 1.08 bits per heavy atom. The van der Waals surface area contributed by atoms with Crippen LogP contribution in [-0.4, -0.2) is 33.4 Å². The minimum absolute atomic E-state index is 0.0235. The monoisotopic (exact) mass is 578 g/mol. The van der Waals surface area contributed by atoms with E-state index < -0.39 is 6.04 Å². The summed E-state index contributed by atoms with van der Waals surface area (Å²) in [4.78, 5) is 36.2. The number of carbonyl (C=O) groups excluding carboxylic acids is 1. The Morgan fingerprint density at radius 3 is 2.49 bits per heavy atom. The number of hydrogen-bond donors (Lipinski definition) is 1. The Kier molecular flexibility index (Phi) is 8.19. The van der Waals surface area contributed by atoms with Crippen molar-refractivity contribution in [3.8, 4) is 0 Å². The largest absolute Gasteiger partial charge is 0.330 e. The van der Waals surface area contributed by atoms with Crippen LogP contribution in [0.2, 0.25) is 4.34 Å². The van der Waals surface area contributed by atoms with Crippen molar-refractivity contribution in [3.05, 3.63) is 97.2 Å². The molecule has 0 saturated heterocycles. The molecule has 3 aromatic heterocycles. The highest BCUT2D eigenvalue weighted by Crippen LogP contribution is 2.35. The van der Waals surface area contributed by atoms with Crippen LogP contribution in [0.4, 0.5) is 0 Å². The maximum atomic E-state index is 14.2. The molecular formula is C30H31ClN4O2S2. The van der Waals surface area contributed by atoms with Gasteiger partial charge >= 0.3 is 0 Å². The molecule has 0 spiro atoms. The number of nitrogens with two attached hydrogens (primary N) is 1. The Labute approximate surface area is 240 Å². The molecule has 0 fully saturated rings. The molecule has 0 bridgehead atoms. The molecule has 1 atom stereocenters. The van der Waals surface area contributed by atoms with Crippen molar-refractivity contribution in [2.45, 2.75) is 39.8 Å². The highest BCUT2D eigenvalue weighted by Gasteiger charge is 2.33. The standard InChI is InChI=1S/C30H31ClN4O2S2/c1-18(2)26(34(16-6-15-32)29(36)20-11-9-19(3)10-12-20)28-33-25-22-7-4-5-8-23(22)39-27(25)30(37)35(28)17-21-13-14-24(31)38-21/h4-5,7-14,18,26H,6,15-17,32H2,1-3H3. The number of hydrogen-bond acceptors (Lipinski definition) is 6. The van der Waals surface area contributed by atoms with Crippen LogP contribution in [0.1, 0.15) is 52.9 Å². The van der Waals surface area contributed by atoms with Gasteiger partial charge < -0.3 is 10.6 Å². The molecule has 0 radical (unpaired) electrons. The van der Waals surface area contributed by atoms with E-state index in [0.29, 0.717) is 52.0 Å². The van der Waals surface area contributed by atoms with Crippen LogP contribution < -0.4 is 11.3 Å². The van der Waals surface area contributed by atoms with Crippen LogP contribution in [0.5, 0.6) is 0 Å². The summed E-state index contributed by atoms with van der Waals surface area (Å²) in [5.74, 6) is 0.454. The number of thiophene rings is 2. The number of aromatic nitrogens is 2. The van der Waals surface area contributed by atoms with Gasteiger partial charge in [0.25, 0.3) is 11.5 Å². The van der Waals surface area contributed by atoms with E-state index in [1.54, 1.807) is 4.57 Å². The van der Waals surface area contributed by atoms with E-state index in [1.807, 2.05) is 72.5 Å². The number of benzene rings is 2. The lowest BCUT2D eigenvalue weighted by molar-refractivity contribution is 0.0603. The quantitative estimate of drug-likeness (QED) is 0.207. The lowest BCUT2D eigenvalue weighted by atomic mass is 9.99. The van der Waals surface area contributed by atoms with Gasteiger partial charge in [0.05, 0.1) is 22.4 Å². The predicted molar refractivity (Wildman–Crippen MR) is 163 cm³/mol. The predicted octanol–water partition coefficient (Wildman–Crippen LogP) is 6.87. The SMILES string of the molecule is Cc1ccc(C(=O)N(CCCN)C(c2nc3c(sc4ccccc43)c(=O)n2Cc2ccc(Cl)s2)C(C)C)cc1. The van der Waals surface area contributed by atoms with Gasteiger partial charge in [-0.2, -0.15) is 0 Å². The molecule has 5 aromatic rings. The van der Waals surface area contributed by atoms with Crippen molar-refractivity contribution in [2.75, 3.05) is 13.1 Å². The number of aryl methyl sites for hydroxylation is 1. The third-order valence-corrected chi connectivity index (χ3v) is 9.21. The van der Waals surface area contributed by atoms with E-state index in [2.05, 4.69) is 13.8 Å². The summed E-state index contributed by atoms with van der Waals surface area (Å²) in [6, 6.07) is 18.9. The number of rotatable bonds is 9. The highest BCUT2D eigenvalue weighted by atomic mass is 35.5. The molecule has 1 unspecified atom stereocenters. The van der Waals surface area contributed by atoms with Gasteiger partial charge in [0.1, 0.15) is 10.5 Å². The molecule has 2 N–H and O–H groups in total. The molecule has 0 aliphatic heterocycles. The third-order valence-electron chi connectivity index (χ3n) is 6.85.